The second-order valence-corrected chi connectivity index (χ2v) is 10.2. The Hall–Kier alpha value is -1.79. The Labute approximate surface area is 167 Å². The zero-order valence-corrected chi connectivity index (χ0v) is 17.7. The largest absolute Gasteiger partial charge is 0.480 e. The summed E-state index contributed by atoms with van der Waals surface area (Å²) in [6.45, 7) is 9.92. The van der Waals surface area contributed by atoms with Crippen LogP contribution in [0.4, 0.5) is 4.79 Å². The molecule has 0 aromatic rings. The summed E-state index contributed by atoms with van der Waals surface area (Å²) in [4.78, 5) is 39.3. The summed E-state index contributed by atoms with van der Waals surface area (Å²) in [6.07, 6.45) is 4.26. The van der Waals surface area contributed by atoms with Crippen molar-refractivity contribution >= 4 is 18.0 Å². The number of hydrogen-bond acceptors (Lipinski definition) is 4. The zero-order valence-electron chi connectivity index (χ0n) is 17.7. The van der Waals surface area contributed by atoms with Gasteiger partial charge < -0.3 is 20.1 Å². The van der Waals surface area contributed by atoms with Crippen LogP contribution < -0.4 is 5.32 Å². The van der Waals surface area contributed by atoms with Gasteiger partial charge in [0.1, 0.15) is 17.7 Å². The molecule has 0 spiro atoms. The topological polar surface area (TPSA) is 95.9 Å². The van der Waals surface area contributed by atoms with Crippen LogP contribution in [0.1, 0.15) is 66.7 Å². The second kappa shape index (κ2) is 7.23. The first kappa shape index (κ1) is 20.9. The summed E-state index contributed by atoms with van der Waals surface area (Å²) in [7, 11) is 0. The molecule has 3 fully saturated rings. The van der Waals surface area contributed by atoms with Gasteiger partial charge in [0, 0.05) is 12.5 Å². The maximum atomic E-state index is 13.4. The van der Waals surface area contributed by atoms with Crippen molar-refractivity contribution in [2.75, 3.05) is 6.54 Å². The molecule has 28 heavy (non-hydrogen) atoms. The van der Waals surface area contributed by atoms with Crippen LogP contribution in [0.15, 0.2) is 0 Å². The van der Waals surface area contributed by atoms with Crippen LogP contribution in [0.3, 0.4) is 0 Å². The quantitative estimate of drug-likeness (QED) is 0.764. The van der Waals surface area contributed by atoms with E-state index in [1.807, 2.05) is 0 Å². The maximum absolute atomic E-state index is 13.4. The number of carbonyl (C=O) groups is 3. The van der Waals surface area contributed by atoms with Crippen molar-refractivity contribution in [1.82, 2.24) is 10.2 Å². The molecule has 3 aliphatic rings. The third-order valence-corrected chi connectivity index (χ3v) is 6.80. The Morgan fingerprint density at radius 3 is 2.29 bits per heavy atom. The zero-order chi connectivity index (χ0) is 20.9. The van der Waals surface area contributed by atoms with Crippen LogP contribution in [-0.4, -0.2) is 52.2 Å². The summed E-state index contributed by atoms with van der Waals surface area (Å²) < 4.78 is 5.37. The summed E-state index contributed by atoms with van der Waals surface area (Å²) >= 11 is 0. The highest BCUT2D eigenvalue weighted by Gasteiger charge is 2.70. The lowest BCUT2D eigenvalue weighted by molar-refractivity contribution is -0.151. The van der Waals surface area contributed by atoms with Gasteiger partial charge in [0.15, 0.2) is 0 Å². The Morgan fingerprint density at radius 1 is 1.14 bits per heavy atom. The van der Waals surface area contributed by atoms with Crippen molar-refractivity contribution < 1.29 is 24.2 Å². The number of likely N-dealkylation sites (tertiary alicyclic amines) is 1. The molecule has 1 aliphatic heterocycles. The molecule has 0 radical (unpaired) electrons. The van der Waals surface area contributed by atoms with Gasteiger partial charge in [0.25, 0.3) is 0 Å². The van der Waals surface area contributed by atoms with Crippen molar-refractivity contribution in [3.8, 4) is 0 Å². The van der Waals surface area contributed by atoms with Gasteiger partial charge >= 0.3 is 12.1 Å². The summed E-state index contributed by atoms with van der Waals surface area (Å²) in [5, 5.41) is 12.6. The molecule has 7 heteroatoms. The van der Waals surface area contributed by atoms with Crippen molar-refractivity contribution in [3.05, 3.63) is 0 Å². The normalized spacial score (nSPS) is 30.3. The minimum Gasteiger partial charge on any atom is -0.480 e. The average molecular weight is 395 g/mol. The van der Waals surface area contributed by atoms with E-state index in [0.29, 0.717) is 6.54 Å². The van der Waals surface area contributed by atoms with E-state index < -0.39 is 29.7 Å². The van der Waals surface area contributed by atoms with E-state index in [1.165, 1.54) is 4.90 Å². The van der Waals surface area contributed by atoms with Crippen LogP contribution >= 0.6 is 0 Å². The number of nitrogens with zero attached hydrogens (tertiary/aromatic N) is 1. The number of amides is 2. The van der Waals surface area contributed by atoms with Gasteiger partial charge in [-0.1, -0.05) is 33.1 Å². The lowest BCUT2D eigenvalue weighted by Crippen LogP contribution is -2.57. The number of aliphatic carboxylic acids is 1. The highest BCUT2D eigenvalue weighted by atomic mass is 16.6. The number of rotatable bonds is 4. The number of hydrogen-bond donors (Lipinski definition) is 2. The molecular formula is C21H34N2O5. The summed E-state index contributed by atoms with van der Waals surface area (Å²) in [5.74, 6) is -0.999. The maximum Gasteiger partial charge on any atom is 0.408 e. The highest BCUT2D eigenvalue weighted by Crippen LogP contribution is 2.64. The first-order valence-corrected chi connectivity index (χ1v) is 10.5. The molecule has 2 saturated carbocycles. The van der Waals surface area contributed by atoms with E-state index in [0.717, 1.165) is 32.1 Å². The Kier molecular flexibility index (Phi) is 5.40. The Morgan fingerprint density at radius 2 is 1.75 bits per heavy atom. The fraction of sp³-hybridized carbons (Fsp3) is 0.857. The minimum atomic E-state index is -0.953. The fourth-order valence-corrected chi connectivity index (χ4v) is 5.26. The summed E-state index contributed by atoms with van der Waals surface area (Å²) in [5.41, 5.74) is -0.702. The highest BCUT2D eigenvalue weighted by molar-refractivity contribution is 5.91. The molecule has 2 aliphatic carbocycles. The van der Waals surface area contributed by atoms with Crippen molar-refractivity contribution in [2.45, 2.75) is 84.4 Å². The van der Waals surface area contributed by atoms with Crippen LogP contribution in [0.5, 0.6) is 0 Å². The number of carboxylic acids is 1. The second-order valence-electron chi connectivity index (χ2n) is 10.2. The van der Waals surface area contributed by atoms with Gasteiger partial charge in [-0.25, -0.2) is 9.59 Å². The lowest BCUT2D eigenvalue weighted by Gasteiger charge is -2.36. The Balaban J connectivity index is 1.78. The lowest BCUT2D eigenvalue weighted by atomic mass is 9.83. The van der Waals surface area contributed by atoms with Gasteiger partial charge in [-0.3, -0.25) is 4.79 Å². The minimum absolute atomic E-state index is 0.0116. The first-order chi connectivity index (χ1) is 12.9. The monoisotopic (exact) mass is 394 g/mol. The van der Waals surface area contributed by atoms with E-state index in [9.17, 15) is 19.5 Å². The molecule has 158 valence electrons. The van der Waals surface area contributed by atoms with E-state index in [4.69, 9.17) is 4.74 Å². The number of nitrogens with one attached hydrogen (secondary N) is 1. The number of piperidine rings is 1. The van der Waals surface area contributed by atoms with Gasteiger partial charge in [-0.15, -0.1) is 0 Å². The number of fused-ring (bicyclic) bond motifs is 1. The predicted octanol–water partition coefficient (Wildman–Crippen LogP) is 3.03. The molecule has 0 aromatic heterocycles. The molecule has 1 saturated heterocycles. The fourth-order valence-electron chi connectivity index (χ4n) is 5.26. The molecule has 2 amide bonds. The Bertz CT molecular complexity index is 648. The molecule has 7 nitrogen and oxygen atoms in total. The third kappa shape index (κ3) is 3.98. The van der Waals surface area contributed by atoms with Crippen LogP contribution in [0, 0.1) is 23.2 Å². The molecule has 4 atom stereocenters. The molecular weight excluding hydrogens is 360 g/mol. The van der Waals surface area contributed by atoms with Crippen LogP contribution in [-0.2, 0) is 14.3 Å². The van der Waals surface area contributed by atoms with Gasteiger partial charge in [-0.05, 0) is 50.9 Å². The van der Waals surface area contributed by atoms with E-state index >= 15 is 0 Å². The molecule has 3 rings (SSSR count). The molecule has 1 heterocycles. The van der Waals surface area contributed by atoms with Crippen molar-refractivity contribution in [2.24, 2.45) is 23.2 Å². The van der Waals surface area contributed by atoms with Gasteiger partial charge in [-0.2, -0.15) is 0 Å². The number of ether oxygens (including phenoxy) is 1. The molecule has 0 unspecified atom stereocenters. The first-order valence-electron chi connectivity index (χ1n) is 10.5. The summed E-state index contributed by atoms with van der Waals surface area (Å²) in [6, 6.07) is -1.53. The van der Waals surface area contributed by atoms with Crippen LogP contribution in [0.2, 0.25) is 0 Å². The predicted molar refractivity (Wildman–Crippen MR) is 104 cm³/mol. The number of carbonyl (C=O) groups excluding carboxylic acids is 2. The van der Waals surface area contributed by atoms with Crippen molar-refractivity contribution in [3.63, 3.8) is 0 Å². The SMILES string of the molecule is CC(C)(C)OC(=O)N[C@H](C(=O)N1C[C@H]2[C@@H]([C@H]1C(=O)O)C2(C)C)C1CCCCC1. The standard InChI is InChI=1S/C21H34N2O5/c1-20(2,3)28-19(27)22-15(12-9-7-6-8-10-12)17(24)23-11-13-14(21(13,4)5)16(23)18(25)26/h12-16H,6-11H2,1-5H3,(H,22,27)(H,25,26)/t13-,14-,15-,16-/m0/s1. The number of alkyl carbamates (subject to hydrolysis) is 1. The third-order valence-electron chi connectivity index (χ3n) is 6.80. The molecule has 0 bridgehead atoms. The number of carboxylic acid groups (broad SMARTS) is 1. The molecule has 2 N–H and O–H groups in total. The van der Waals surface area contributed by atoms with Crippen LogP contribution in [0.25, 0.3) is 0 Å². The average Bonchev–Trinajstić information content (AvgIpc) is 2.95. The van der Waals surface area contributed by atoms with Gasteiger partial charge in [0.2, 0.25) is 5.91 Å². The van der Waals surface area contributed by atoms with E-state index in [1.54, 1.807) is 20.8 Å². The van der Waals surface area contributed by atoms with Crippen molar-refractivity contribution in [1.29, 1.82) is 0 Å². The molecule has 0 aromatic carbocycles. The smallest absolute Gasteiger partial charge is 0.408 e. The van der Waals surface area contributed by atoms with Gasteiger partial charge in [0.05, 0.1) is 0 Å². The van der Waals surface area contributed by atoms with E-state index in [-0.39, 0.29) is 29.1 Å². The van der Waals surface area contributed by atoms with E-state index in [2.05, 4.69) is 19.2 Å².